The summed E-state index contributed by atoms with van der Waals surface area (Å²) >= 11 is 0. The van der Waals surface area contributed by atoms with Gasteiger partial charge in [-0.3, -0.25) is 10.1 Å². The lowest BCUT2D eigenvalue weighted by atomic mass is 10.1. The molecular weight excluding hydrogens is 300 g/mol. The standard InChI is InChI=1S/C14H16N6O3/c1-9-6-11(20(22)23)3-4-12(9)18-14(21)17-10-2-5-13-15-8-16-19(13)7-10/h3-4,6,8,10H,2,5,7H2,1H3,(H2,17,18,21). The molecule has 2 aromatic rings. The Balaban J connectivity index is 1.61. The van der Waals surface area contributed by atoms with E-state index in [2.05, 4.69) is 20.7 Å². The van der Waals surface area contributed by atoms with Crippen LogP contribution in [0.3, 0.4) is 0 Å². The second kappa shape index (κ2) is 6.03. The van der Waals surface area contributed by atoms with E-state index in [1.54, 1.807) is 11.6 Å². The van der Waals surface area contributed by atoms with Crippen LogP contribution >= 0.6 is 0 Å². The van der Waals surface area contributed by atoms with E-state index in [1.165, 1.54) is 24.5 Å². The summed E-state index contributed by atoms with van der Waals surface area (Å²) in [6.07, 6.45) is 3.07. The Morgan fingerprint density at radius 2 is 2.30 bits per heavy atom. The fourth-order valence-electron chi connectivity index (χ4n) is 2.60. The Bertz CT molecular complexity index is 757. The van der Waals surface area contributed by atoms with Gasteiger partial charge in [-0.05, 0) is 25.0 Å². The summed E-state index contributed by atoms with van der Waals surface area (Å²) in [4.78, 5) is 26.5. The molecule has 0 saturated heterocycles. The molecule has 0 fully saturated rings. The molecule has 3 rings (SSSR count). The van der Waals surface area contributed by atoms with Gasteiger partial charge in [0.15, 0.2) is 0 Å². The molecular formula is C14H16N6O3. The van der Waals surface area contributed by atoms with Crippen molar-refractivity contribution in [3.8, 4) is 0 Å². The van der Waals surface area contributed by atoms with Crippen molar-refractivity contribution in [2.24, 2.45) is 0 Å². The van der Waals surface area contributed by atoms with E-state index in [-0.39, 0.29) is 17.8 Å². The molecule has 0 aliphatic carbocycles. The summed E-state index contributed by atoms with van der Waals surface area (Å²) in [5.41, 5.74) is 1.18. The van der Waals surface area contributed by atoms with Crippen LogP contribution in [0, 0.1) is 17.0 Å². The average molecular weight is 316 g/mol. The van der Waals surface area contributed by atoms with Gasteiger partial charge in [0, 0.05) is 24.2 Å². The summed E-state index contributed by atoms with van der Waals surface area (Å²) in [7, 11) is 0. The van der Waals surface area contributed by atoms with Crippen LogP contribution in [0.5, 0.6) is 0 Å². The zero-order valence-electron chi connectivity index (χ0n) is 12.5. The van der Waals surface area contributed by atoms with E-state index in [4.69, 9.17) is 0 Å². The number of fused-ring (bicyclic) bond motifs is 1. The quantitative estimate of drug-likeness (QED) is 0.659. The van der Waals surface area contributed by atoms with Crippen LogP contribution in [0.1, 0.15) is 17.8 Å². The maximum absolute atomic E-state index is 12.1. The van der Waals surface area contributed by atoms with E-state index in [0.29, 0.717) is 17.8 Å². The van der Waals surface area contributed by atoms with E-state index >= 15 is 0 Å². The minimum absolute atomic E-state index is 0.000509. The van der Waals surface area contributed by atoms with Crippen molar-refractivity contribution in [2.45, 2.75) is 32.4 Å². The van der Waals surface area contributed by atoms with Crippen LogP contribution < -0.4 is 10.6 Å². The molecule has 1 aromatic heterocycles. The predicted octanol–water partition coefficient (Wildman–Crippen LogP) is 1.63. The first-order valence-electron chi connectivity index (χ1n) is 7.22. The molecule has 0 radical (unpaired) electrons. The van der Waals surface area contributed by atoms with Crippen LogP contribution in [-0.2, 0) is 13.0 Å². The molecule has 2 amide bonds. The van der Waals surface area contributed by atoms with Crippen molar-refractivity contribution in [3.05, 3.63) is 46.0 Å². The van der Waals surface area contributed by atoms with Gasteiger partial charge in [-0.2, -0.15) is 5.10 Å². The highest BCUT2D eigenvalue weighted by atomic mass is 16.6. The largest absolute Gasteiger partial charge is 0.333 e. The third kappa shape index (κ3) is 3.28. The number of nitrogens with zero attached hydrogens (tertiary/aromatic N) is 4. The van der Waals surface area contributed by atoms with E-state index in [9.17, 15) is 14.9 Å². The molecule has 1 atom stereocenters. The molecule has 0 spiro atoms. The minimum Gasteiger partial charge on any atom is -0.333 e. The molecule has 1 aliphatic heterocycles. The number of nitrogens with one attached hydrogen (secondary N) is 2. The summed E-state index contributed by atoms with van der Waals surface area (Å²) in [5, 5.41) is 20.4. The zero-order chi connectivity index (χ0) is 16.4. The van der Waals surface area contributed by atoms with Gasteiger partial charge in [0.25, 0.3) is 5.69 Å². The molecule has 0 saturated carbocycles. The van der Waals surface area contributed by atoms with Gasteiger partial charge in [0.2, 0.25) is 0 Å². The number of carbonyl (C=O) groups is 1. The highest BCUT2D eigenvalue weighted by Crippen LogP contribution is 2.21. The second-order valence-electron chi connectivity index (χ2n) is 5.45. The first-order valence-corrected chi connectivity index (χ1v) is 7.22. The van der Waals surface area contributed by atoms with E-state index < -0.39 is 4.92 Å². The fourth-order valence-corrected chi connectivity index (χ4v) is 2.60. The number of hydrogen-bond donors (Lipinski definition) is 2. The molecule has 9 nitrogen and oxygen atoms in total. The predicted molar refractivity (Wildman–Crippen MR) is 82.1 cm³/mol. The number of benzene rings is 1. The fraction of sp³-hybridized carbons (Fsp3) is 0.357. The highest BCUT2D eigenvalue weighted by molar-refractivity contribution is 5.90. The maximum atomic E-state index is 12.1. The number of non-ortho nitro benzene ring substituents is 1. The van der Waals surface area contributed by atoms with Crippen LogP contribution in [0.25, 0.3) is 0 Å². The lowest BCUT2D eigenvalue weighted by Crippen LogP contribution is -2.43. The lowest BCUT2D eigenvalue weighted by Gasteiger charge is -2.23. The number of amides is 2. The van der Waals surface area contributed by atoms with E-state index in [1.807, 2.05) is 0 Å². The third-order valence-electron chi connectivity index (χ3n) is 3.81. The van der Waals surface area contributed by atoms with Gasteiger partial charge >= 0.3 is 6.03 Å². The lowest BCUT2D eigenvalue weighted by molar-refractivity contribution is -0.384. The Labute approximate surface area is 131 Å². The van der Waals surface area contributed by atoms with Crippen LogP contribution in [-0.4, -0.2) is 31.8 Å². The number of nitro benzene ring substituents is 1. The molecule has 2 heterocycles. The van der Waals surface area contributed by atoms with Crippen molar-refractivity contribution < 1.29 is 9.72 Å². The van der Waals surface area contributed by atoms with Gasteiger partial charge in [-0.15, -0.1) is 0 Å². The molecule has 23 heavy (non-hydrogen) atoms. The number of anilines is 1. The van der Waals surface area contributed by atoms with Crippen molar-refractivity contribution in [1.29, 1.82) is 0 Å². The Morgan fingerprint density at radius 3 is 3.04 bits per heavy atom. The first kappa shape index (κ1) is 14.9. The van der Waals surface area contributed by atoms with Gasteiger partial charge < -0.3 is 10.6 Å². The van der Waals surface area contributed by atoms with Crippen molar-refractivity contribution >= 4 is 17.4 Å². The number of rotatable bonds is 3. The number of aryl methyl sites for hydroxylation is 2. The van der Waals surface area contributed by atoms with Crippen molar-refractivity contribution in [3.63, 3.8) is 0 Å². The Morgan fingerprint density at radius 1 is 1.48 bits per heavy atom. The van der Waals surface area contributed by atoms with Gasteiger partial charge in [-0.25, -0.2) is 14.5 Å². The summed E-state index contributed by atoms with van der Waals surface area (Å²) in [6, 6.07) is 3.96. The third-order valence-corrected chi connectivity index (χ3v) is 3.81. The summed E-state index contributed by atoms with van der Waals surface area (Å²) in [6.45, 7) is 2.30. The molecule has 2 N–H and O–H groups in total. The van der Waals surface area contributed by atoms with Gasteiger partial charge in [-0.1, -0.05) is 0 Å². The topological polar surface area (TPSA) is 115 Å². The molecule has 1 aliphatic rings. The highest BCUT2D eigenvalue weighted by Gasteiger charge is 2.21. The molecule has 1 unspecified atom stereocenters. The van der Waals surface area contributed by atoms with Crippen molar-refractivity contribution in [2.75, 3.05) is 5.32 Å². The second-order valence-corrected chi connectivity index (χ2v) is 5.45. The molecule has 120 valence electrons. The average Bonchev–Trinajstić information content (AvgIpc) is 2.96. The maximum Gasteiger partial charge on any atom is 0.319 e. The van der Waals surface area contributed by atoms with Crippen LogP contribution in [0.4, 0.5) is 16.2 Å². The minimum atomic E-state index is -0.464. The Kier molecular flexibility index (Phi) is 3.92. The van der Waals surface area contributed by atoms with Crippen molar-refractivity contribution in [1.82, 2.24) is 20.1 Å². The SMILES string of the molecule is Cc1cc([N+](=O)[O-])ccc1NC(=O)NC1CCc2ncnn2C1. The van der Waals surface area contributed by atoms with Crippen LogP contribution in [0.2, 0.25) is 0 Å². The summed E-state index contributed by atoms with van der Waals surface area (Å²) in [5.74, 6) is 0.926. The number of aromatic nitrogens is 3. The normalized spacial score (nSPS) is 16.5. The van der Waals surface area contributed by atoms with Gasteiger partial charge in [0.1, 0.15) is 12.2 Å². The monoisotopic (exact) mass is 316 g/mol. The molecule has 1 aromatic carbocycles. The van der Waals surface area contributed by atoms with Crippen LogP contribution in [0.15, 0.2) is 24.5 Å². The number of nitro groups is 1. The number of hydrogen-bond acceptors (Lipinski definition) is 5. The number of urea groups is 1. The molecule has 0 bridgehead atoms. The Hall–Kier alpha value is -2.97. The smallest absolute Gasteiger partial charge is 0.319 e. The van der Waals surface area contributed by atoms with E-state index in [0.717, 1.165) is 18.7 Å². The summed E-state index contributed by atoms with van der Waals surface area (Å²) < 4.78 is 1.78. The number of carbonyl (C=O) groups excluding carboxylic acids is 1. The molecule has 9 heteroatoms. The first-order chi connectivity index (χ1) is 11.0. The van der Waals surface area contributed by atoms with Gasteiger partial charge in [0.05, 0.1) is 17.5 Å². The zero-order valence-corrected chi connectivity index (χ0v) is 12.5.